The van der Waals surface area contributed by atoms with Crippen LogP contribution in [0.3, 0.4) is 0 Å². The summed E-state index contributed by atoms with van der Waals surface area (Å²) in [4.78, 5) is 40.6. The summed E-state index contributed by atoms with van der Waals surface area (Å²) in [6.45, 7) is 9.36. The Morgan fingerprint density at radius 1 is 1.10 bits per heavy atom. The summed E-state index contributed by atoms with van der Waals surface area (Å²) in [5.74, 6) is -0.559. The lowest BCUT2D eigenvalue weighted by Gasteiger charge is -2.18. The molecule has 1 atom stereocenters. The molecule has 2 amide bonds. The molecule has 3 rings (SSSR count). The number of hydrogen-bond acceptors (Lipinski definition) is 4. The van der Waals surface area contributed by atoms with Gasteiger partial charge < -0.3 is 15.2 Å². The Balaban J connectivity index is 1.73. The van der Waals surface area contributed by atoms with Crippen molar-refractivity contribution in [2.45, 2.75) is 46.3 Å². The molecule has 1 saturated heterocycles. The average molecular weight is 425 g/mol. The number of likely N-dealkylation sites (tertiary alicyclic amines) is 1. The number of nitrogens with zero attached hydrogens (tertiary/aromatic N) is 2. The van der Waals surface area contributed by atoms with Crippen molar-refractivity contribution in [3.63, 3.8) is 0 Å². The minimum atomic E-state index is -0.525. The van der Waals surface area contributed by atoms with Gasteiger partial charge in [0.2, 0.25) is 5.43 Å². The molecule has 1 aromatic heterocycles. The summed E-state index contributed by atoms with van der Waals surface area (Å²) >= 11 is 0. The predicted molar refractivity (Wildman–Crippen MR) is 121 cm³/mol. The van der Waals surface area contributed by atoms with E-state index in [4.69, 9.17) is 0 Å². The summed E-state index contributed by atoms with van der Waals surface area (Å²) in [6.07, 6.45) is 3.94. The minimum absolute atomic E-state index is 0.00674. The van der Waals surface area contributed by atoms with Crippen molar-refractivity contribution >= 4 is 11.8 Å². The maximum atomic E-state index is 13.0. The Hall–Kier alpha value is -2.93. The standard InChI is InChI=1S/C24H32N4O3/c1-4-25-23(30)20-15-28(12-17(2)3)16-21(22(20)29)24(31)26-19-10-11-27(14-19)13-18-8-6-5-7-9-18/h5-9,15-17,19H,4,10-14H2,1-3H3,(H,25,30)(H,26,31)/t19-/m0/s1. The summed E-state index contributed by atoms with van der Waals surface area (Å²) in [5.41, 5.74) is 0.737. The number of rotatable bonds is 8. The van der Waals surface area contributed by atoms with Gasteiger partial charge >= 0.3 is 0 Å². The monoisotopic (exact) mass is 424 g/mol. The van der Waals surface area contributed by atoms with Gasteiger partial charge in [0, 0.05) is 51.2 Å². The van der Waals surface area contributed by atoms with Crippen molar-refractivity contribution in [3.05, 3.63) is 69.6 Å². The van der Waals surface area contributed by atoms with Crippen LogP contribution in [0.4, 0.5) is 0 Å². The second-order valence-corrected chi connectivity index (χ2v) is 8.54. The molecule has 0 saturated carbocycles. The van der Waals surface area contributed by atoms with E-state index in [1.165, 1.54) is 5.56 Å². The van der Waals surface area contributed by atoms with Crippen LogP contribution in [0.15, 0.2) is 47.5 Å². The van der Waals surface area contributed by atoms with Crippen LogP contribution in [-0.4, -0.2) is 47.0 Å². The molecule has 0 spiro atoms. The van der Waals surface area contributed by atoms with E-state index in [1.807, 2.05) is 32.0 Å². The molecule has 2 N–H and O–H groups in total. The molecule has 1 fully saturated rings. The highest BCUT2D eigenvalue weighted by molar-refractivity contribution is 5.99. The van der Waals surface area contributed by atoms with E-state index in [2.05, 4.69) is 27.7 Å². The van der Waals surface area contributed by atoms with E-state index >= 15 is 0 Å². The molecule has 1 aliphatic heterocycles. The molecule has 2 aromatic rings. The molecular formula is C24H32N4O3. The fourth-order valence-electron chi connectivity index (χ4n) is 3.94. The number of nitrogens with one attached hydrogen (secondary N) is 2. The van der Waals surface area contributed by atoms with Crippen LogP contribution in [0.2, 0.25) is 0 Å². The second-order valence-electron chi connectivity index (χ2n) is 8.54. The van der Waals surface area contributed by atoms with Crippen molar-refractivity contribution in [1.82, 2.24) is 20.1 Å². The van der Waals surface area contributed by atoms with Crippen molar-refractivity contribution in [2.75, 3.05) is 19.6 Å². The molecule has 2 heterocycles. The first kappa shape index (κ1) is 22.7. The van der Waals surface area contributed by atoms with Gasteiger partial charge in [0.1, 0.15) is 11.1 Å². The number of pyridine rings is 1. The van der Waals surface area contributed by atoms with Gasteiger partial charge in [-0.25, -0.2) is 0 Å². The maximum Gasteiger partial charge on any atom is 0.257 e. The fourth-order valence-corrected chi connectivity index (χ4v) is 3.94. The topological polar surface area (TPSA) is 83.4 Å². The highest BCUT2D eigenvalue weighted by atomic mass is 16.2. The molecule has 1 aromatic carbocycles. The molecule has 0 unspecified atom stereocenters. The number of aromatic nitrogens is 1. The van der Waals surface area contributed by atoms with Gasteiger partial charge in [0.25, 0.3) is 11.8 Å². The smallest absolute Gasteiger partial charge is 0.257 e. The molecule has 1 aliphatic rings. The van der Waals surface area contributed by atoms with Crippen LogP contribution in [0.5, 0.6) is 0 Å². The molecule has 7 nitrogen and oxygen atoms in total. The first-order valence-corrected chi connectivity index (χ1v) is 11.0. The van der Waals surface area contributed by atoms with Crippen LogP contribution >= 0.6 is 0 Å². The fraction of sp³-hybridized carbons (Fsp3) is 0.458. The summed E-state index contributed by atoms with van der Waals surface area (Å²) < 4.78 is 1.77. The maximum absolute atomic E-state index is 13.0. The lowest BCUT2D eigenvalue weighted by Crippen LogP contribution is -2.41. The molecule has 0 bridgehead atoms. The van der Waals surface area contributed by atoms with Crippen LogP contribution in [-0.2, 0) is 13.1 Å². The van der Waals surface area contributed by atoms with Crippen LogP contribution in [0.25, 0.3) is 0 Å². The molecule has 0 radical (unpaired) electrons. The van der Waals surface area contributed by atoms with Gasteiger partial charge in [0.15, 0.2) is 0 Å². The molecule has 0 aliphatic carbocycles. The number of carbonyl (C=O) groups is 2. The number of carbonyl (C=O) groups excluding carboxylic acids is 2. The zero-order chi connectivity index (χ0) is 22.4. The Labute approximate surface area is 183 Å². The minimum Gasteiger partial charge on any atom is -0.352 e. The summed E-state index contributed by atoms with van der Waals surface area (Å²) in [7, 11) is 0. The van der Waals surface area contributed by atoms with Gasteiger partial charge in [-0.1, -0.05) is 44.2 Å². The quantitative estimate of drug-likeness (QED) is 0.681. The molecule has 7 heteroatoms. The third kappa shape index (κ3) is 6.04. The van der Waals surface area contributed by atoms with E-state index in [-0.39, 0.29) is 17.2 Å². The first-order valence-electron chi connectivity index (χ1n) is 11.0. The average Bonchev–Trinajstić information content (AvgIpc) is 3.16. The van der Waals surface area contributed by atoms with Gasteiger partial charge in [-0.15, -0.1) is 0 Å². The highest BCUT2D eigenvalue weighted by Gasteiger charge is 2.26. The molecule has 31 heavy (non-hydrogen) atoms. The molecular weight excluding hydrogens is 392 g/mol. The van der Waals surface area contributed by atoms with Crippen molar-refractivity contribution in [1.29, 1.82) is 0 Å². The Bertz CT molecular complexity index is 969. The summed E-state index contributed by atoms with van der Waals surface area (Å²) in [5, 5.41) is 5.67. The van der Waals surface area contributed by atoms with Crippen LogP contribution in [0, 0.1) is 5.92 Å². The largest absolute Gasteiger partial charge is 0.352 e. The van der Waals surface area contributed by atoms with E-state index in [0.717, 1.165) is 26.1 Å². The zero-order valence-corrected chi connectivity index (χ0v) is 18.6. The predicted octanol–water partition coefficient (Wildman–Crippen LogP) is 2.26. The Morgan fingerprint density at radius 2 is 1.77 bits per heavy atom. The van der Waals surface area contributed by atoms with Crippen molar-refractivity contribution in [2.24, 2.45) is 5.92 Å². The van der Waals surface area contributed by atoms with E-state index in [1.54, 1.807) is 23.9 Å². The van der Waals surface area contributed by atoms with Crippen molar-refractivity contribution in [3.8, 4) is 0 Å². The lowest BCUT2D eigenvalue weighted by atomic mass is 10.1. The number of benzene rings is 1. The lowest BCUT2D eigenvalue weighted by molar-refractivity contribution is 0.0935. The van der Waals surface area contributed by atoms with Gasteiger partial charge in [-0.3, -0.25) is 19.3 Å². The van der Waals surface area contributed by atoms with E-state index in [0.29, 0.717) is 19.0 Å². The normalized spacial score (nSPS) is 16.5. The molecule has 166 valence electrons. The zero-order valence-electron chi connectivity index (χ0n) is 18.6. The van der Waals surface area contributed by atoms with E-state index < -0.39 is 17.2 Å². The SMILES string of the molecule is CCNC(=O)c1cn(CC(C)C)cc(C(=O)N[C@H]2CCN(Cc3ccccc3)C2)c1=O. The number of hydrogen-bond donors (Lipinski definition) is 2. The Kier molecular flexibility index (Phi) is 7.63. The summed E-state index contributed by atoms with van der Waals surface area (Å²) in [6, 6.07) is 10.2. The third-order valence-electron chi connectivity index (χ3n) is 5.34. The third-order valence-corrected chi connectivity index (χ3v) is 5.34. The van der Waals surface area contributed by atoms with Crippen LogP contribution < -0.4 is 16.1 Å². The van der Waals surface area contributed by atoms with E-state index in [9.17, 15) is 14.4 Å². The van der Waals surface area contributed by atoms with Crippen LogP contribution in [0.1, 0.15) is 53.5 Å². The Morgan fingerprint density at radius 3 is 2.42 bits per heavy atom. The van der Waals surface area contributed by atoms with Gasteiger partial charge in [-0.05, 0) is 24.8 Å². The second kappa shape index (κ2) is 10.4. The first-order chi connectivity index (χ1) is 14.9. The van der Waals surface area contributed by atoms with Crippen molar-refractivity contribution < 1.29 is 9.59 Å². The van der Waals surface area contributed by atoms with Gasteiger partial charge in [0.05, 0.1) is 0 Å². The highest BCUT2D eigenvalue weighted by Crippen LogP contribution is 2.14. The van der Waals surface area contributed by atoms with Gasteiger partial charge in [-0.2, -0.15) is 0 Å². The number of amides is 2.